The highest BCUT2D eigenvalue weighted by atomic mass is 19.1. The quantitative estimate of drug-likeness (QED) is 0.883. The number of amides is 1. The minimum Gasteiger partial charge on any atom is -0.355 e. The number of rotatable bonds is 4. The van der Waals surface area contributed by atoms with Gasteiger partial charge in [-0.15, -0.1) is 0 Å². The molecule has 0 aromatic heterocycles. The van der Waals surface area contributed by atoms with E-state index in [9.17, 15) is 9.18 Å². The zero-order chi connectivity index (χ0) is 14.7. The Morgan fingerprint density at radius 3 is 2.95 bits per heavy atom. The fourth-order valence-corrected chi connectivity index (χ4v) is 2.73. The molecule has 1 aliphatic heterocycles. The summed E-state index contributed by atoms with van der Waals surface area (Å²) in [5.74, 6) is -0.289. The number of para-hydroxylation sites is 1. The normalized spacial score (nSPS) is 20.7. The number of piperazine rings is 1. The van der Waals surface area contributed by atoms with Crippen LogP contribution in [0, 0.1) is 5.82 Å². The summed E-state index contributed by atoms with van der Waals surface area (Å²) in [6.07, 6.45) is 0.660. The van der Waals surface area contributed by atoms with Crippen LogP contribution in [0.5, 0.6) is 0 Å². The van der Waals surface area contributed by atoms with Gasteiger partial charge in [-0.05, 0) is 32.0 Å². The summed E-state index contributed by atoms with van der Waals surface area (Å²) in [5, 5.41) is 5.98. The number of carbonyl (C=O) groups excluding carboxylic acids is 1. The molecule has 2 rings (SSSR count). The van der Waals surface area contributed by atoms with Gasteiger partial charge in [0.15, 0.2) is 0 Å². The topological polar surface area (TPSA) is 44.4 Å². The number of nitrogens with zero attached hydrogens (tertiary/aromatic N) is 1. The zero-order valence-corrected chi connectivity index (χ0v) is 12.2. The molecule has 0 saturated carbocycles. The van der Waals surface area contributed by atoms with Gasteiger partial charge in [-0.25, -0.2) is 4.39 Å². The molecule has 0 spiro atoms. The van der Waals surface area contributed by atoms with Crippen LogP contribution in [-0.4, -0.2) is 32.1 Å². The monoisotopic (exact) mass is 279 g/mol. The molecule has 0 aliphatic carbocycles. The van der Waals surface area contributed by atoms with Crippen molar-refractivity contribution in [3.05, 3.63) is 29.6 Å². The fourth-order valence-electron chi connectivity index (χ4n) is 2.73. The van der Waals surface area contributed by atoms with E-state index >= 15 is 0 Å². The van der Waals surface area contributed by atoms with Gasteiger partial charge in [0.2, 0.25) is 5.91 Å². The predicted octanol–water partition coefficient (Wildman–Crippen LogP) is 1.82. The van der Waals surface area contributed by atoms with Crippen LogP contribution in [0.15, 0.2) is 18.2 Å². The second-order valence-electron chi connectivity index (χ2n) is 5.10. The second-order valence-corrected chi connectivity index (χ2v) is 5.10. The predicted molar refractivity (Wildman–Crippen MR) is 78.3 cm³/mol. The first kappa shape index (κ1) is 14.8. The summed E-state index contributed by atoms with van der Waals surface area (Å²) < 4.78 is 14.4. The van der Waals surface area contributed by atoms with Crippen LogP contribution in [0.25, 0.3) is 0 Å². The van der Waals surface area contributed by atoms with E-state index in [4.69, 9.17) is 0 Å². The van der Waals surface area contributed by atoms with Crippen molar-refractivity contribution in [2.45, 2.75) is 32.4 Å². The van der Waals surface area contributed by atoms with Gasteiger partial charge < -0.3 is 15.5 Å². The van der Waals surface area contributed by atoms with Crippen molar-refractivity contribution in [3.8, 4) is 0 Å². The third-order valence-corrected chi connectivity index (χ3v) is 3.92. The van der Waals surface area contributed by atoms with Gasteiger partial charge in [0.1, 0.15) is 11.9 Å². The Labute approximate surface area is 119 Å². The first-order chi connectivity index (χ1) is 9.60. The standard InChI is InChI=1S/C15H22FN3O/c1-4-13-15(20)18-8-9-19(13)14-11(10(2)17-3)6-5-7-12(14)16/h5-7,10,13,17H,4,8-9H2,1-3H3,(H,18,20). The van der Waals surface area contributed by atoms with Crippen molar-refractivity contribution in [2.24, 2.45) is 0 Å². The van der Waals surface area contributed by atoms with Crippen molar-refractivity contribution in [3.63, 3.8) is 0 Å². The van der Waals surface area contributed by atoms with E-state index in [-0.39, 0.29) is 23.8 Å². The molecule has 20 heavy (non-hydrogen) atoms. The summed E-state index contributed by atoms with van der Waals surface area (Å²) >= 11 is 0. The number of anilines is 1. The Morgan fingerprint density at radius 2 is 2.30 bits per heavy atom. The summed E-state index contributed by atoms with van der Waals surface area (Å²) in [4.78, 5) is 13.9. The average Bonchev–Trinajstić information content (AvgIpc) is 2.46. The SMILES string of the molecule is CCC1C(=O)NCCN1c1c(F)cccc1C(C)NC. The van der Waals surface area contributed by atoms with Gasteiger partial charge in [-0.1, -0.05) is 19.1 Å². The highest BCUT2D eigenvalue weighted by molar-refractivity contribution is 5.87. The van der Waals surface area contributed by atoms with Crippen LogP contribution >= 0.6 is 0 Å². The van der Waals surface area contributed by atoms with Gasteiger partial charge in [-0.3, -0.25) is 4.79 Å². The van der Waals surface area contributed by atoms with E-state index < -0.39 is 0 Å². The molecule has 110 valence electrons. The zero-order valence-electron chi connectivity index (χ0n) is 12.2. The van der Waals surface area contributed by atoms with Crippen molar-refractivity contribution in [1.29, 1.82) is 0 Å². The average molecular weight is 279 g/mol. The number of hydrogen-bond acceptors (Lipinski definition) is 3. The first-order valence-electron chi connectivity index (χ1n) is 7.10. The third-order valence-electron chi connectivity index (χ3n) is 3.92. The van der Waals surface area contributed by atoms with Gasteiger partial charge in [0, 0.05) is 19.1 Å². The highest BCUT2D eigenvalue weighted by Crippen LogP contribution is 2.31. The maximum Gasteiger partial charge on any atom is 0.242 e. The molecular weight excluding hydrogens is 257 g/mol. The molecular formula is C15H22FN3O. The van der Waals surface area contributed by atoms with Crippen molar-refractivity contribution in [2.75, 3.05) is 25.0 Å². The van der Waals surface area contributed by atoms with Crippen molar-refractivity contribution < 1.29 is 9.18 Å². The molecule has 1 aromatic carbocycles. The largest absolute Gasteiger partial charge is 0.355 e. The number of carbonyl (C=O) groups is 1. The lowest BCUT2D eigenvalue weighted by atomic mass is 10.0. The van der Waals surface area contributed by atoms with Gasteiger partial charge in [-0.2, -0.15) is 0 Å². The number of nitrogens with one attached hydrogen (secondary N) is 2. The van der Waals surface area contributed by atoms with E-state index in [0.29, 0.717) is 25.2 Å². The smallest absolute Gasteiger partial charge is 0.242 e. The molecule has 2 N–H and O–H groups in total. The molecule has 0 bridgehead atoms. The Hall–Kier alpha value is -1.62. The lowest BCUT2D eigenvalue weighted by molar-refractivity contribution is -0.123. The Kier molecular flexibility index (Phi) is 4.60. The fraction of sp³-hybridized carbons (Fsp3) is 0.533. The lowest BCUT2D eigenvalue weighted by Gasteiger charge is -2.38. The van der Waals surface area contributed by atoms with E-state index in [1.807, 2.05) is 31.9 Å². The van der Waals surface area contributed by atoms with Crippen molar-refractivity contribution >= 4 is 11.6 Å². The Bertz CT molecular complexity index is 492. The molecule has 4 nitrogen and oxygen atoms in total. The summed E-state index contributed by atoms with van der Waals surface area (Å²) in [6, 6.07) is 4.82. The van der Waals surface area contributed by atoms with Gasteiger partial charge in [0.25, 0.3) is 0 Å². The molecule has 1 fully saturated rings. The van der Waals surface area contributed by atoms with Crippen LogP contribution in [0.1, 0.15) is 31.9 Å². The molecule has 2 atom stereocenters. The van der Waals surface area contributed by atoms with Crippen LogP contribution < -0.4 is 15.5 Å². The number of hydrogen-bond donors (Lipinski definition) is 2. The minimum absolute atomic E-state index is 0.0231. The Balaban J connectivity index is 2.47. The van der Waals surface area contributed by atoms with Crippen LogP contribution in [-0.2, 0) is 4.79 Å². The number of halogens is 1. The molecule has 2 unspecified atom stereocenters. The minimum atomic E-state index is -0.302. The summed E-state index contributed by atoms with van der Waals surface area (Å²) in [5.41, 5.74) is 1.44. The molecule has 1 amide bonds. The van der Waals surface area contributed by atoms with Crippen LogP contribution in [0.3, 0.4) is 0 Å². The highest BCUT2D eigenvalue weighted by Gasteiger charge is 2.31. The van der Waals surface area contributed by atoms with E-state index in [0.717, 1.165) is 5.56 Å². The molecule has 1 saturated heterocycles. The first-order valence-corrected chi connectivity index (χ1v) is 7.10. The molecule has 5 heteroatoms. The number of benzene rings is 1. The van der Waals surface area contributed by atoms with E-state index in [1.54, 1.807) is 6.07 Å². The maximum atomic E-state index is 14.4. The summed E-state index contributed by atoms with van der Waals surface area (Å²) in [7, 11) is 1.85. The third kappa shape index (κ3) is 2.63. The molecule has 1 aromatic rings. The van der Waals surface area contributed by atoms with Gasteiger partial charge >= 0.3 is 0 Å². The van der Waals surface area contributed by atoms with E-state index in [2.05, 4.69) is 10.6 Å². The van der Waals surface area contributed by atoms with Gasteiger partial charge in [0.05, 0.1) is 5.69 Å². The summed E-state index contributed by atoms with van der Waals surface area (Å²) in [6.45, 7) is 5.12. The van der Waals surface area contributed by atoms with Crippen LogP contribution in [0.2, 0.25) is 0 Å². The Morgan fingerprint density at radius 1 is 1.55 bits per heavy atom. The molecule has 0 radical (unpaired) electrons. The molecule has 1 heterocycles. The molecule has 1 aliphatic rings. The van der Waals surface area contributed by atoms with Crippen LogP contribution in [0.4, 0.5) is 10.1 Å². The van der Waals surface area contributed by atoms with E-state index in [1.165, 1.54) is 6.07 Å². The lowest BCUT2D eigenvalue weighted by Crippen LogP contribution is -2.55. The van der Waals surface area contributed by atoms with Crippen molar-refractivity contribution in [1.82, 2.24) is 10.6 Å². The second kappa shape index (κ2) is 6.22. The maximum absolute atomic E-state index is 14.4.